The summed E-state index contributed by atoms with van der Waals surface area (Å²) < 4.78 is 39.0. The van der Waals surface area contributed by atoms with E-state index in [1.54, 1.807) is 11.6 Å². The molecule has 90 valence electrons. The molecule has 0 bridgehead atoms. The van der Waals surface area contributed by atoms with Crippen LogP contribution in [0.4, 0.5) is 13.2 Å². The Balaban J connectivity index is 2.24. The van der Waals surface area contributed by atoms with Crippen molar-refractivity contribution in [3.8, 4) is 0 Å². The van der Waals surface area contributed by atoms with E-state index in [-0.39, 0.29) is 6.04 Å². The number of rotatable bonds is 1. The number of nitrogens with zero attached hydrogens (tertiary/aromatic N) is 2. The molecule has 1 aromatic heterocycles. The van der Waals surface area contributed by atoms with Crippen molar-refractivity contribution in [2.24, 2.45) is 0 Å². The van der Waals surface area contributed by atoms with E-state index in [4.69, 9.17) is 0 Å². The first-order chi connectivity index (χ1) is 7.48. The number of hydrogen-bond acceptors (Lipinski definition) is 1. The van der Waals surface area contributed by atoms with E-state index in [1.807, 2.05) is 0 Å². The summed E-state index contributed by atoms with van der Waals surface area (Å²) in [5.74, 6) is 0. The van der Waals surface area contributed by atoms with Gasteiger partial charge in [-0.2, -0.15) is 18.3 Å². The highest BCUT2D eigenvalue weighted by molar-refractivity contribution is 5.12. The predicted octanol–water partition coefficient (Wildman–Crippen LogP) is 3.72. The van der Waals surface area contributed by atoms with E-state index in [9.17, 15) is 13.2 Å². The van der Waals surface area contributed by atoms with Gasteiger partial charge in [-0.3, -0.25) is 4.68 Å². The van der Waals surface area contributed by atoms with Crippen LogP contribution < -0.4 is 0 Å². The largest absolute Gasteiger partial charge is 0.435 e. The van der Waals surface area contributed by atoms with Gasteiger partial charge in [0.25, 0.3) is 0 Å². The molecule has 1 aliphatic rings. The van der Waals surface area contributed by atoms with Crippen molar-refractivity contribution in [2.75, 3.05) is 0 Å². The minimum Gasteiger partial charge on any atom is -0.266 e. The summed E-state index contributed by atoms with van der Waals surface area (Å²) in [6, 6.07) is 1.29. The zero-order valence-corrected chi connectivity index (χ0v) is 9.22. The Hall–Kier alpha value is -1.00. The van der Waals surface area contributed by atoms with Crippen molar-refractivity contribution in [2.45, 2.75) is 51.2 Å². The molecule has 2 rings (SSSR count). The summed E-state index contributed by atoms with van der Waals surface area (Å²) >= 11 is 0. The van der Waals surface area contributed by atoms with Crippen LogP contribution in [0.15, 0.2) is 6.07 Å². The normalized spacial score (nSPS) is 19.0. The van der Waals surface area contributed by atoms with Crippen molar-refractivity contribution in [1.82, 2.24) is 9.78 Å². The Morgan fingerprint density at radius 3 is 2.38 bits per heavy atom. The van der Waals surface area contributed by atoms with Gasteiger partial charge < -0.3 is 0 Å². The maximum Gasteiger partial charge on any atom is 0.435 e. The monoisotopic (exact) mass is 232 g/mol. The van der Waals surface area contributed by atoms with Crippen LogP contribution in [0.2, 0.25) is 0 Å². The lowest BCUT2D eigenvalue weighted by Crippen LogP contribution is -2.16. The molecule has 2 nitrogen and oxygen atoms in total. The topological polar surface area (TPSA) is 17.8 Å². The summed E-state index contributed by atoms with van der Waals surface area (Å²) in [5, 5.41) is 3.70. The third kappa shape index (κ3) is 2.23. The SMILES string of the molecule is Cc1cc(C(F)(F)F)nn1C1CCCCC1. The average molecular weight is 232 g/mol. The van der Waals surface area contributed by atoms with Gasteiger partial charge in [-0.05, 0) is 25.8 Å². The van der Waals surface area contributed by atoms with Crippen LogP contribution in [0.3, 0.4) is 0 Å². The van der Waals surface area contributed by atoms with Crippen LogP contribution in [-0.4, -0.2) is 9.78 Å². The van der Waals surface area contributed by atoms with E-state index >= 15 is 0 Å². The fourth-order valence-electron chi connectivity index (χ4n) is 2.32. The number of aryl methyl sites for hydroxylation is 1. The fraction of sp³-hybridized carbons (Fsp3) is 0.727. The number of alkyl halides is 3. The number of aromatic nitrogens is 2. The lowest BCUT2D eigenvalue weighted by Gasteiger charge is -2.23. The van der Waals surface area contributed by atoms with Gasteiger partial charge in [0.2, 0.25) is 0 Å². The van der Waals surface area contributed by atoms with E-state index in [1.165, 1.54) is 6.42 Å². The predicted molar refractivity (Wildman–Crippen MR) is 54.1 cm³/mol. The Morgan fingerprint density at radius 2 is 1.88 bits per heavy atom. The first kappa shape index (κ1) is 11.5. The molecule has 0 aromatic carbocycles. The average Bonchev–Trinajstić information content (AvgIpc) is 2.61. The zero-order valence-electron chi connectivity index (χ0n) is 9.22. The lowest BCUT2D eigenvalue weighted by atomic mass is 9.95. The highest BCUT2D eigenvalue weighted by Crippen LogP contribution is 2.33. The molecule has 0 atom stereocenters. The van der Waals surface area contributed by atoms with Gasteiger partial charge in [-0.1, -0.05) is 19.3 Å². The van der Waals surface area contributed by atoms with Crippen LogP contribution >= 0.6 is 0 Å². The van der Waals surface area contributed by atoms with E-state index in [0.717, 1.165) is 31.7 Å². The molecule has 0 unspecified atom stereocenters. The summed E-state index contributed by atoms with van der Waals surface area (Å²) in [4.78, 5) is 0. The molecule has 1 heterocycles. The number of halogens is 3. The van der Waals surface area contributed by atoms with Crippen molar-refractivity contribution >= 4 is 0 Å². The van der Waals surface area contributed by atoms with Gasteiger partial charge in [0.05, 0.1) is 6.04 Å². The smallest absolute Gasteiger partial charge is 0.266 e. The van der Waals surface area contributed by atoms with E-state index in [2.05, 4.69) is 5.10 Å². The highest BCUT2D eigenvalue weighted by atomic mass is 19.4. The standard InChI is InChI=1S/C11H15F3N2/c1-8-7-10(11(12,13)14)15-16(8)9-5-3-2-4-6-9/h7,9H,2-6H2,1H3. The first-order valence-corrected chi connectivity index (χ1v) is 5.62. The van der Waals surface area contributed by atoms with Crippen LogP contribution in [0, 0.1) is 6.92 Å². The second kappa shape index (κ2) is 4.11. The minimum atomic E-state index is -4.33. The van der Waals surface area contributed by atoms with Gasteiger partial charge in [-0.15, -0.1) is 0 Å². The third-order valence-corrected chi connectivity index (χ3v) is 3.13. The molecule has 1 aliphatic carbocycles. The van der Waals surface area contributed by atoms with E-state index in [0.29, 0.717) is 5.69 Å². The van der Waals surface area contributed by atoms with Crippen LogP contribution in [0.5, 0.6) is 0 Å². The second-order valence-electron chi connectivity index (χ2n) is 4.41. The number of hydrogen-bond donors (Lipinski definition) is 0. The summed E-state index contributed by atoms with van der Waals surface area (Å²) in [7, 11) is 0. The van der Waals surface area contributed by atoms with Crippen molar-refractivity contribution < 1.29 is 13.2 Å². The van der Waals surface area contributed by atoms with Gasteiger partial charge in [0, 0.05) is 5.69 Å². The molecular formula is C11H15F3N2. The maximum atomic E-state index is 12.5. The highest BCUT2D eigenvalue weighted by Gasteiger charge is 2.35. The molecule has 1 fully saturated rings. The quantitative estimate of drug-likeness (QED) is 0.721. The third-order valence-electron chi connectivity index (χ3n) is 3.13. The Bertz CT molecular complexity index is 362. The fourth-order valence-corrected chi connectivity index (χ4v) is 2.32. The van der Waals surface area contributed by atoms with Gasteiger partial charge in [-0.25, -0.2) is 0 Å². The van der Waals surface area contributed by atoms with Crippen LogP contribution in [0.1, 0.15) is 49.5 Å². The van der Waals surface area contributed by atoms with Gasteiger partial charge in [0.1, 0.15) is 0 Å². The zero-order chi connectivity index (χ0) is 11.8. The van der Waals surface area contributed by atoms with Crippen LogP contribution in [-0.2, 0) is 6.18 Å². The maximum absolute atomic E-state index is 12.5. The molecule has 0 amide bonds. The molecule has 1 saturated carbocycles. The lowest BCUT2D eigenvalue weighted by molar-refractivity contribution is -0.141. The molecule has 5 heteroatoms. The van der Waals surface area contributed by atoms with Crippen molar-refractivity contribution in [3.05, 3.63) is 17.5 Å². The molecule has 1 aromatic rings. The van der Waals surface area contributed by atoms with Crippen molar-refractivity contribution in [3.63, 3.8) is 0 Å². The van der Waals surface area contributed by atoms with Gasteiger partial charge >= 0.3 is 6.18 Å². The van der Waals surface area contributed by atoms with E-state index < -0.39 is 11.9 Å². The van der Waals surface area contributed by atoms with Crippen LogP contribution in [0.25, 0.3) is 0 Å². The molecule has 0 saturated heterocycles. The molecule has 16 heavy (non-hydrogen) atoms. The van der Waals surface area contributed by atoms with Crippen molar-refractivity contribution in [1.29, 1.82) is 0 Å². The molecule has 0 N–H and O–H groups in total. The van der Waals surface area contributed by atoms with Gasteiger partial charge in [0.15, 0.2) is 5.69 Å². The summed E-state index contributed by atoms with van der Waals surface area (Å²) in [5.41, 5.74) is -0.158. The first-order valence-electron chi connectivity index (χ1n) is 5.62. The summed E-state index contributed by atoms with van der Waals surface area (Å²) in [6.45, 7) is 1.69. The Kier molecular flexibility index (Phi) is 2.95. The molecule has 0 spiro atoms. The summed E-state index contributed by atoms with van der Waals surface area (Å²) in [6.07, 6.45) is 0.921. The Labute approximate surface area is 92.4 Å². The minimum absolute atomic E-state index is 0.157. The Morgan fingerprint density at radius 1 is 1.25 bits per heavy atom. The second-order valence-corrected chi connectivity index (χ2v) is 4.41. The molecular weight excluding hydrogens is 217 g/mol. The molecule has 0 aliphatic heterocycles. The molecule has 0 radical (unpaired) electrons.